The average Bonchev–Trinajstić information content (AvgIpc) is 3.47. The lowest BCUT2D eigenvalue weighted by molar-refractivity contribution is -0.130. The summed E-state index contributed by atoms with van der Waals surface area (Å²) in [7, 11) is 5.79. The molecule has 1 aromatic heterocycles. The third-order valence-corrected chi connectivity index (χ3v) is 6.91. The van der Waals surface area contributed by atoms with Crippen molar-refractivity contribution in [3.63, 3.8) is 0 Å². The van der Waals surface area contributed by atoms with Crippen LogP contribution in [0.1, 0.15) is 18.4 Å². The first kappa shape index (κ1) is 24.2. The van der Waals surface area contributed by atoms with Crippen molar-refractivity contribution in [2.24, 2.45) is 7.05 Å². The number of nitrogens with zero attached hydrogens (tertiary/aromatic N) is 5. The maximum atomic E-state index is 14.2. The molecular formula is C25H30FN5O2S. The van der Waals surface area contributed by atoms with E-state index in [1.54, 1.807) is 29.8 Å². The summed E-state index contributed by atoms with van der Waals surface area (Å²) in [4.78, 5) is 17.2. The Morgan fingerprint density at radius 2 is 1.94 bits per heavy atom. The minimum absolute atomic E-state index is 0.00706. The molecule has 9 heteroatoms. The zero-order chi connectivity index (χ0) is 24.1. The van der Waals surface area contributed by atoms with Crippen molar-refractivity contribution in [3.05, 3.63) is 59.9 Å². The van der Waals surface area contributed by atoms with Crippen LogP contribution in [-0.2, 0) is 23.1 Å². The fourth-order valence-electron chi connectivity index (χ4n) is 3.94. The highest BCUT2D eigenvalue weighted by Crippen LogP contribution is 2.25. The zero-order valence-corrected chi connectivity index (χ0v) is 20.6. The number of aromatic nitrogens is 3. The van der Waals surface area contributed by atoms with Crippen molar-refractivity contribution in [3.8, 4) is 11.4 Å². The number of ether oxygens (including phenoxy) is 1. The van der Waals surface area contributed by atoms with Gasteiger partial charge in [0.2, 0.25) is 5.91 Å². The van der Waals surface area contributed by atoms with Crippen LogP contribution in [0.5, 0.6) is 0 Å². The monoisotopic (exact) mass is 483 g/mol. The predicted octanol–water partition coefficient (Wildman–Crippen LogP) is 3.99. The van der Waals surface area contributed by atoms with E-state index in [1.807, 2.05) is 23.9 Å². The molecule has 0 unspecified atom stereocenters. The summed E-state index contributed by atoms with van der Waals surface area (Å²) < 4.78 is 21.7. The summed E-state index contributed by atoms with van der Waals surface area (Å²) >= 11 is 1.31. The lowest BCUT2D eigenvalue weighted by atomic mass is 10.1. The first-order valence-corrected chi connectivity index (χ1v) is 12.3. The normalized spacial score (nSPS) is 15.5. The Morgan fingerprint density at radius 3 is 2.62 bits per heavy atom. The number of amides is 1. The van der Waals surface area contributed by atoms with Gasteiger partial charge in [0.1, 0.15) is 5.82 Å². The van der Waals surface area contributed by atoms with Gasteiger partial charge in [0.15, 0.2) is 11.0 Å². The molecule has 1 amide bonds. The summed E-state index contributed by atoms with van der Waals surface area (Å²) in [5.74, 6) is 0.303. The van der Waals surface area contributed by atoms with Crippen molar-refractivity contribution in [1.29, 1.82) is 0 Å². The standard InChI is InChI=1S/C25H30FN5O2S/c1-29(2)19-12-10-18(11-13-19)15-31(16-20-7-6-14-33-20)23(32)17-34-25-28-27-24(30(25)3)21-8-4-5-9-22(21)26/h4-5,8-13,20H,6-7,14-17H2,1-3H3/t20-/m0/s1. The lowest BCUT2D eigenvalue weighted by Crippen LogP contribution is -2.38. The van der Waals surface area contributed by atoms with Crippen LogP contribution in [-0.4, -0.2) is 64.7 Å². The highest BCUT2D eigenvalue weighted by atomic mass is 32.2. The van der Waals surface area contributed by atoms with Gasteiger partial charge < -0.3 is 19.1 Å². The van der Waals surface area contributed by atoms with Crippen LogP contribution in [0.4, 0.5) is 10.1 Å². The van der Waals surface area contributed by atoms with Crippen LogP contribution in [0, 0.1) is 5.82 Å². The molecule has 0 spiro atoms. The van der Waals surface area contributed by atoms with Gasteiger partial charge in [0.25, 0.3) is 0 Å². The minimum Gasteiger partial charge on any atom is -0.378 e. The molecule has 4 rings (SSSR count). The van der Waals surface area contributed by atoms with Crippen molar-refractivity contribution < 1.29 is 13.9 Å². The molecule has 0 saturated carbocycles. The van der Waals surface area contributed by atoms with Gasteiger partial charge >= 0.3 is 0 Å². The fraction of sp³-hybridized carbons (Fsp3) is 0.400. The van der Waals surface area contributed by atoms with Gasteiger partial charge in [0, 0.05) is 46.5 Å². The molecule has 1 fully saturated rings. The second-order valence-electron chi connectivity index (χ2n) is 8.60. The quantitative estimate of drug-likeness (QED) is 0.429. The average molecular weight is 484 g/mol. The molecule has 0 aliphatic carbocycles. The van der Waals surface area contributed by atoms with Crippen molar-refractivity contribution >= 4 is 23.4 Å². The Balaban J connectivity index is 1.44. The summed E-state index contributed by atoms with van der Waals surface area (Å²) in [6.07, 6.45) is 2.06. The molecule has 0 N–H and O–H groups in total. The first-order chi connectivity index (χ1) is 16.4. The van der Waals surface area contributed by atoms with E-state index in [1.165, 1.54) is 17.8 Å². The lowest BCUT2D eigenvalue weighted by Gasteiger charge is -2.26. The van der Waals surface area contributed by atoms with Gasteiger partial charge in [-0.3, -0.25) is 4.79 Å². The molecule has 1 aliphatic rings. The van der Waals surface area contributed by atoms with Gasteiger partial charge in [-0.25, -0.2) is 4.39 Å². The van der Waals surface area contributed by atoms with E-state index in [-0.39, 0.29) is 23.6 Å². The number of carbonyl (C=O) groups excluding carboxylic acids is 1. The SMILES string of the molecule is CN(C)c1ccc(CN(C[C@@H]2CCCO2)C(=O)CSc2nnc(-c3ccccc3F)n2C)cc1. The maximum absolute atomic E-state index is 14.2. The number of thioether (sulfide) groups is 1. The van der Waals surface area contributed by atoms with E-state index in [4.69, 9.17) is 4.74 Å². The van der Waals surface area contributed by atoms with E-state index in [0.29, 0.717) is 29.6 Å². The van der Waals surface area contributed by atoms with Crippen LogP contribution >= 0.6 is 11.8 Å². The smallest absolute Gasteiger partial charge is 0.233 e. The Kier molecular flexibility index (Phi) is 7.84. The molecule has 1 atom stereocenters. The topological polar surface area (TPSA) is 63.5 Å². The third-order valence-electron chi connectivity index (χ3n) is 5.90. The molecule has 1 aliphatic heterocycles. The molecular weight excluding hydrogens is 453 g/mol. The first-order valence-electron chi connectivity index (χ1n) is 11.3. The molecule has 34 heavy (non-hydrogen) atoms. The highest BCUT2D eigenvalue weighted by molar-refractivity contribution is 7.99. The van der Waals surface area contributed by atoms with Crippen molar-refractivity contribution in [2.45, 2.75) is 30.6 Å². The van der Waals surface area contributed by atoms with E-state index in [2.05, 4.69) is 34.5 Å². The predicted molar refractivity (Wildman–Crippen MR) is 132 cm³/mol. The third kappa shape index (κ3) is 5.77. The number of benzene rings is 2. The van der Waals surface area contributed by atoms with Crippen LogP contribution < -0.4 is 4.90 Å². The van der Waals surface area contributed by atoms with Gasteiger partial charge in [-0.2, -0.15) is 0 Å². The number of rotatable bonds is 9. The van der Waals surface area contributed by atoms with Gasteiger partial charge in [-0.1, -0.05) is 36.0 Å². The summed E-state index contributed by atoms with van der Waals surface area (Å²) in [6.45, 7) is 1.83. The minimum atomic E-state index is -0.353. The Morgan fingerprint density at radius 1 is 1.18 bits per heavy atom. The molecule has 2 aromatic carbocycles. The largest absolute Gasteiger partial charge is 0.378 e. The van der Waals surface area contributed by atoms with Gasteiger partial charge in [-0.05, 0) is 42.7 Å². The number of hydrogen-bond acceptors (Lipinski definition) is 6. The number of halogens is 1. The van der Waals surface area contributed by atoms with E-state index in [9.17, 15) is 9.18 Å². The van der Waals surface area contributed by atoms with E-state index in [0.717, 1.165) is 30.7 Å². The van der Waals surface area contributed by atoms with Crippen LogP contribution in [0.15, 0.2) is 53.7 Å². The Hall–Kier alpha value is -2.91. The molecule has 0 bridgehead atoms. The van der Waals surface area contributed by atoms with Crippen LogP contribution in [0.3, 0.4) is 0 Å². The molecule has 2 heterocycles. The van der Waals surface area contributed by atoms with Gasteiger partial charge in [-0.15, -0.1) is 10.2 Å². The molecule has 3 aromatic rings. The maximum Gasteiger partial charge on any atom is 0.233 e. The zero-order valence-electron chi connectivity index (χ0n) is 19.8. The molecule has 0 radical (unpaired) electrons. The van der Waals surface area contributed by atoms with Crippen molar-refractivity contribution in [2.75, 3.05) is 37.9 Å². The fourth-order valence-corrected chi connectivity index (χ4v) is 4.76. The Bertz CT molecular complexity index is 1110. The second kappa shape index (κ2) is 11.0. The van der Waals surface area contributed by atoms with Crippen molar-refractivity contribution in [1.82, 2.24) is 19.7 Å². The number of hydrogen-bond donors (Lipinski definition) is 0. The van der Waals surface area contributed by atoms with E-state index >= 15 is 0 Å². The van der Waals surface area contributed by atoms with Gasteiger partial charge in [0.05, 0.1) is 17.4 Å². The summed E-state index contributed by atoms with van der Waals surface area (Å²) in [5.41, 5.74) is 2.57. The highest BCUT2D eigenvalue weighted by Gasteiger charge is 2.24. The van der Waals surface area contributed by atoms with Crippen LogP contribution in [0.25, 0.3) is 11.4 Å². The summed E-state index contributed by atoms with van der Waals surface area (Å²) in [5, 5.41) is 8.90. The number of carbonyl (C=O) groups is 1. The van der Waals surface area contributed by atoms with E-state index < -0.39 is 0 Å². The molecule has 180 valence electrons. The molecule has 7 nitrogen and oxygen atoms in total. The Labute approximate surface area is 203 Å². The number of anilines is 1. The second-order valence-corrected chi connectivity index (χ2v) is 9.55. The summed E-state index contributed by atoms with van der Waals surface area (Å²) in [6, 6.07) is 14.7. The van der Waals surface area contributed by atoms with Crippen LogP contribution in [0.2, 0.25) is 0 Å². The molecule has 1 saturated heterocycles.